The smallest absolute Gasteiger partial charge is 0.339 e. The number of carboxylic acids is 1. The molecule has 7 heteroatoms. The van der Waals surface area contributed by atoms with Crippen LogP contribution < -0.4 is 10.1 Å². The summed E-state index contributed by atoms with van der Waals surface area (Å²) in [5.74, 6) is 0.0136. The van der Waals surface area contributed by atoms with E-state index in [4.69, 9.17) is 9.84 Å². The second-order valence-corrected chi connectivity index (χ2v) is 4.83. The van der Waals surface area contributed by atoms with Gasteiger partial charge in [0.25, 0.3) is 0 Å². The number of rotatable bonds is 4. The van der Waals surface area contributed by atoms with E-state index in [-0.39, 0.29) is 5.56 Å². The highest BCUT2D eigenvalue weighted by Gasteiger charge is 2.10. The van der Waals surface area contributed by atoms with Gasteiger partial charge in [0.1, 0.15) is 5.75 Å². The summed E-state index contributed by atoms with van der Waals surface area (Å²) >= 11 is 3.38. The lowest BCUT2D eigenvalue weighted by atomic mass is 10.2. The number of methoxy groups -OCH3 is 1. The van der Waals surface area contributed by atoms with Crippen LogP contribution in [0.2, 0.25) is 0 Å². The highest BCUT2D eigenvalue weighted by molar-refractivity contribution is 9.10. The molecule has 0 fully saturated rings. The van der Waals surface area contributed by atoms with Crippen LogP contribution in [0.5, 0.6) is 5.75 Å². The lowest BCUT2D eigenvalue weighted by Crippen LogP contribution is -2.06. The molecule has 0 unspecified atom stereocenters. The van der Waals surface area contributed by atoms with E-state index in [0.717, 1.165) is 10.2 Å². The van der Waals surface area contributed by atoms with E-state index in [0.29, 0.717) is 17.4 Å². The highest BCUT2D eigenvalue weighted by atomic mass is 79.9. The number of benzene rings is 1. The van der Waals surface area contributed by atoms with Gasteiger partial charge in [0.2, 0.25) is 5.95 Å². The molecular weight excluding hydrogens is 326 g/mol. The lowest BCUT2D eigenvalue weighted by molar-refractivity contribution is 0.0695. The summed E-state index contributed by atoms with van der Waals surface area (Å²) in [6, 6.07) is 5.43. The van der Waals surface area contributed by atoms with Crippen molar-refractivity contribution in [2.75, 3.05) is 12.4 Å². The number of anilines is 2. The van der Waals surface area contributed by atoms with E-state index in [2.05, 4.69) is 31.2 Å². The minimum atomic E-state index is -1.04. The maximum atomic E-state index is 10.9. The van der Waals surface area contributed by atoms with Crippen LogP contribution in [-0.2, 0) is 0 Å². The fourth-order valence-corrected chi connectivity index (χ4v) is 2.15. The van der Waals surface area contributed by atoms with Gasteiger partial charge < -0.3 is 15.2 Å². The Hall–Kier alpha value is -2.15. The highest BCUT2D eigenvalue weighted by Crippen LogP contribution is 2.28. The van der Waals surface area contributed by atoms with Gasteiger partial charge in [0.15, 0.2) is 0 Å². The molecule has 1 aromatic heterocycles. The molecule has 0 aliphatic carbocycles. The maximum absolute atomic E-state index is 10.9. The number of nitrogens with one attached hydrogen (secondary N) is 1. The molecule has 0 aliphatic rings. The van der Waals surface area contributed by atoms with Crippen molar-refractivity contribution in [3.8, 4) is 5.75 Å². The van der Waals surface area contributed by atoms with Gasteiger partial charge in [0.05, 0.1) is 22.8 Å². The molecule has 2 aromatic rings. The summed E-state index contributed by atoms with van der Waals surface area (Å²) in [7, 11) is 1.59. The number of aromatic carboxylic acids is 1. The van der Waals surface area contributed by atoms with Crippen molar-refractivity contribution in [1.29, 1.82) is 0 Å². The number of hydrogen-bond acceptors (Lipinski definition) is 5. The number of carboxylic acid groups (broad SMARTS) is 1. The third-order valence-electron chi connectivity index (χ3n) is 2.62. The van der Waals surface area contributed by atoms with Crippen LogP contribution in [0.25, 0.3) is 0 Å². The van der Waals surface area contributed by atoms with E-state index < -0.39 is 5.97 Å². The van der Waals surface area contributed by atoms with Crippen molar-refractivity contribution < 1.29 is 14.6 Å². The Bertz CT molecular complexity index is 661. The topological polar surface area (TPSA) is 84.3 Å². The summed E-state index contributed by atoms with van der Waals surface area (Å²) in [5, 5.41) is 11.9. The number of aromatic nitrogens is 2. The third kappa shape index (κ3) is 3.05. The summed E-state index contributed by atoms with van der Waals surface area (Å²) in [5.41, 5.74) is 1.26. The van der Waals surface area contributed by atoms with E-state index >= 15 is 0 Å². The van der Waals surface area contributed by atoms with Crippen LogP contribution >= 0.6 is 15.9 Å². The van der Waals surface area contributed by atoms with Crippen molar-refractivity contribution in [2.24, 2.45) is 0 Å². The van der Waals surface area contributed by atoms with Crippen molar-refractivity contribution >= 4 is 33.5 Å². The predicted octanol–water partition coefficient (Wildman–Crippen LogP) is 3.00. The van der Waals surface area contributed by atoms with Crippen LogP contribution in [0.4, 0.5) is 11.6 Å². The first-order valence-corrected chi connectivity index (χ1v) is 6.48. The zero-order chi connectivity index (χ0) is 14.7. The Morgan fingerprint density at radius 2 is 2.20 bits per heavy atom. The van der Waals surface area contributed by atoms with E-state index in [1.54, 1.807) is 20.1 Å². The standard InChI is InChI=1S/C13H12BrN3O3/c1-7-9(12(18)19)6-15-13(16-7)17-8-3-4-11(20-2)10(14)5-8/h3-6H,1-2H3,(H,18,19)(H,15,16,17). The van der Waals surface area contributed by atoms with Crippen LogP contribution in [0.15, 0.2) is 28.9 Å². The largest absolute Gasteiger partial charge is 0.496 e. The molecule has 2 rings (SSSR count). The molecule has 6 nitrogen and oxygen atoms in total. The molecule has 20 heavy (non-hydrogen) atoms. The Balaban J connectivity index is 2.24. The second kappa shape index (κ2) is 5.87. The molecule has 2 N–H and O–H groups in total. The zero-order valence-corrected chi connectivity index (χ0v) is 12.4. The predicted molar refractivity (Wildman–Crippen MR) is 77.7 cm³/mol. The zero-order valence-electron chi connectivity index (χ0n) is 10.8. The van der Waals surface area contributed by atoms with E-state index in [9.17, 15) is 4.79 Å². The molecule has 0 aliphatic heterocycles. The molecule has 0 atom stereocenters. The van der Waals surface area contributed by atoms with Gasteiger partial charge in [0, 0.05) is 11.9 Å². The molecule has 0 radical (unpaired) electrons. The van der Waals surface area contributed by atoms with Gasteiger partial charge in [-0.25, -0.2) is 14.8 Å². The lowest BCUT2D eigenvalue weighted by Gasteiger charge is -2.09. The second-order valence-electron chi connectivity index (χ2n) is 3.97. The van der Waals surface area contributed by atoms with Crippen molar-refractivity contribution in [3.05, 3.63) is 40.1 Å². The van der Waals surface area contributed by atoms with Gasteiger partial charge in [-0.3, -0.25) is 0 Å². The van der Waals surface area contributed by atoms with Gasteiger partial charge in [-0.15, -0.1) is 0 Å². The Labute approximate surface area is 124 Å². The third-order valence-corrected chi connectivity index (χ3v) is 3.24. The van der Waals surface area contributed by atoms with E-state index in [1.165, 1.54) is 6.20 Å². The average Bonchev–Trinajstić information content (AvgIpc) is 2.38. The molecule has 0 amide bonds. The number of carbonyl (C=O) groups is 1. The van der Waals surface area contributed by atoms with Crippen molar-refractivity contribution in [2.45, 2.75) is 6.92 Å². The number of halogens is 1. The van der Waals surface area contributed by atoms with Crippen LogP contribution in [-0.4, -0.2) is 28.2 Å². The van der Waals surface area contributed by atoms with Gasteiger partial charge in [-0.05, 0) is 41.1 Å². The van der Waals surface area contributed by atoms with Crippen LogP contribution in [0, 0.1) is 6.92 Å². The maximum Gasteiger partial charge on any atom is 0.339 e. The minimum absolute atomic E-state index is 0.0893. The SMILES string of the molecule is COc1ccc(Nc2ncc(C(=O)O)c(C)n2)cc1Br. The van der Waals surface area contributed by atoms with Crippen molar-refractivity contribution in [3.63, 3.8) is 0 Å². The Morgan fingerprint density at radius 3 is 2.75 bits per heavy atom. The van der Waals surface area contributed by atoms with Gasteiger partial charge in [-0.1, -0.05) is 0 Å². The molecule has 1 heterocycles. The molecule has 0 saturated heterocycles. The first-order valence-electron chi connectivity index (χ1n) is 5.68. The monoisotopic (exact) mass is 337 g/mol. The summed E-state index contributed by atoms with van der Waals surface area (Å²) in [6.07, 6.45) is 1.28. The Kier molecular flexibility index (Phi) is 4.19. The van der Waals surface area contributed by atoms with Crippen LogP contribution in [0.1, 0.15) is 16.1 Å². The summed E-state index contributed by atoms with van der Waals surface area (Å²) < 4.78 is 5.94. The average molecular weight is 338 g/mol. The Morgan fingerprint density at radius 1 is 1.45 bits per heavy atom. The summed E-state index contributed by atoms with van der Waals surface area (Å²) in [4.78, 5) is 19.0. The number of ether oxygens (including phenoxy) is 1. The van der Waals surface area contributed by atoms with Gasteiger partial charge >= 0.3 is 5.97 Å². The van der Waals surface area contributed by atoms with Crippen molar-refractivity contribution in [1.82, 2.24) is 9.97 Å². The van der Waals surface area contributed by atoms with Gasteiger partial charge in [-0.2, -0.15) is 0 Å². The molecule has 0 spiro atoms. The first-order chi connectivity index (χ1) is 9.51. The number of hydrogen-bond donors (Lipinski definition) is 2. The van der Waals surface area contributed by atoms with Crippen LogP contribution in [0.3, 0.4) is 0 Å². The summed E-state index contributed by atoms with van der Waals surface area (Å²) in [6.45, 7) is 1.63. The minimum Gasteiger partial charge on any atom is -0.496 e. The molecule has 1 aromatic carbocycles. The quantitative estimate of drug-likeness (QED) is 0.892. The molecule has 104 valence electrons. The first kappa shape index (κ1) is 14.3. The number of nitrogens with zero attached hydrogens (tertiary/aromatic N) is 2. The molecule has 0 saturated carbocycles. The fourth-order valence-electron chi connectivity index (χ4n) is 1.61. The number of aryl methyl sites for hydroxylation is 1. The normalized spacial score (nSPS) is 10.2. The fraction of sp³-hybridized carbons (Fsp3) is 0.154. The van der Waals surface area contributed by atoms with E-state index in [1.807, 2.05) is 12.1 Å². The molecular formula is C13H12BrN3O3. The molecule has 0 bridgehead atoms.